The summed E-state index contributed by atoms with van der Waals surface area (Å²) in [5.41, 5.74) is 8.79. The van der Waals surface area contributed by atoms with Crippen molar-refractivity contribution >= 4 is 35.0 Å². The number of hydrogen-bond donors (Lipinski definition) is 2. The zero-order chi connectivity index (χ0) is 27.4. The maximum atomic E-state index is 12.6. The predicted octanol–water partition coefficient (Wildman–Crippen LogP) is 2.08. The van der Waals surface area contributed by atoms with Gasteiger partial charge in [0.15, 0.2) is 23.5 Å². The Morgan fingerprint density at radius 1 is 1.29 bits per heavy atom. The molecular weight excluding hydrogens is 500 g/mol. The summed E-state index contributed by atoms with van der Waals surface area (Å²) in [6.45, 7) is 4.18. The van der Waals surface area contributed by atoms with E-state index in [1.54, 1.807) is 44.2 Å². The van der Waals surface area contributed by atoms with Crippen molar-refractivity contribution < 1.29 is 28.6 Å². The third-order valence-electron chi connectivity index (χ3n) is 5.66. The number of imidazole rings is 1. The van der Waals surface area contributed by atoms with Crippen molar-refractivity contribution in [2.75, 3.05) is 11.9 Å². The standard InChI is InChI=1S/C23H24N8O7/c1-11(2)19(33)27-23-26-18-16(20(34)28-23)25-10-31(18)21-17(37-12(3)32)15(29-30-24)14(38-21)9-36-22(35)13-7-5-4-6-8-13/h4-8,10-11,14-15,17,21H,9H2,1-3H3,(H2,26,27,28,33,34)/t14-,15-,17-,21-/m1/s1. The monoisotopic (exact) mass is 524 g/mol. The van der Waals surface area contributed by atoms with Crippen LogP contribution in [0.5, 0.6) is 0 Å². The summed E-state index contributed by atoms with van der Waals surface area (Å²) in [6.07, 6.45) is -2.13. The van der Waals surface area contributed by atoms with Gasteiger partial charge in [0.1, 0.15) is 18.8 Å². The van der Waals surface area contributed by atoms with Gasteiger partial charge in [0.2, 0.25) is 11.9 Å². The van der Waals surface area contributed by atoms with Gasteiger partial charge < -0.3 is 14.2 Å². The fourth-order valence-electron chi connectivity index (χ4n) is 3.85. The number of hydrogen-bond acceptors (Lipinski definition) is 10. The molecule has 1 saturated heterocycles. The van der Waals surface area contributed by atoms with Crippen LogP contribution in [0.1, 0.15) is 37.4 Å². The lowest BCUT2D eigenvalue weighted by molar-refractivity contribution is -0.152. The third kappa shape index (κ3) is 5.48. The Morgan fingerprint density at radius 3 is 2.68 bits per heavy atom. The summed E-state index contributed by atoms with van der Waals surface area (Å²) in [5, 5.41) is 6.25. The second-order valence-electron chi connectivity index (χ2n) is 8.68. The van der Waals surface area contributed by atoms with Crippen LogP contribution < -0.4 is 10.9 Å². The molecule has 198 valence electrons. The van der Waals surface area contributed by atoms with Gasteiger partial charge >= 0.3 is 11.9 Å². The molecule has 15 heteroatoms. The van der Waals surface area contributed by atoms with E-state index in [9.17, 15) is 24.7 Å². The number of carbonyl (C=O) groups is 3. The molecule has 1 aliphatic heterocycles. The molecule has 2 N–H and O–H groups in total. The van der Waals surface area contributed by atoms with E-state index in [-0.39, 0.29) is 35.5 Å². The van der Waals surface area contributed by atoms with Gasteiger partial charge in [-0.25, -0.2) is 9.78 Å². The molecule has 3 heterocycles. The summed E-state index contributed by atoms with van der Waals surface area (Å²) in [7, 11) is 0. The highest BCUT2D eigenvalue weighted by Gasteiger charge is 2.48. The van der Waals surface area contributed by atoms with Gasteiger partial charge in [0, 0.05) is 17.8 Å². The number of aromatic amines is 1. The molecule has 0 unspecified atom stereocenters. The summed E-state index contributed by atoms with van der Waals surface area (Å²) in [4.78, 5) is 62.8. The van der Waals surface area contributed by atoms with Crippen LogP contribution in [0.15, 0.2) is 46.6 Å². The predicted molar refractivity (Wildman–Crippen MR) is 131 cm³/mol. The average Bonchev–Trinajstić information content (AvgIpc) is 3.44. The maximum Gasteiger partial charge on any atom is 0.338 e. The molecule has 1 aliphatic rings. The lowest BCUT2D eigenvalue weighted by atomic mass is 10.1. The minimum Gasteiger partial charge on any atom is -0.459 e. The zero-order valence-corrected chi connectivity index (χ0v) is 20.6. The van der Waals surface area contributed by atoms with E-state index in [0.717, 1.165) is 0 Å². The van der Waals surface area contributed by atoms with Crippen LogP contribution in [0.4, 0.5) is 5.95 Å². The van der Waals surface area contributed by atoms with Crippen LogP contribution in [-0.4, -0.2) is 62.2 Å². The molecule has 38 heavy (non-hydrogen) atoms. The Morgan fingerprint density at radius 2 is 2.03 bits per heavy atom. The van der Waals surface area contributed by atoms with E-state index in [4.69, 9.17) is 14.2 Å². The third-order valence-corrected chi connectivity index (χ3v) is 5.66. The summed E-state index contributed by atoms with van der Waals surface area (Å²) < 4.78 is 18.2. The number of nitrogens with one attached hydrogen (secondary N) is 2. The molecule has 0 spiro atoms. The zero-order valence-electron chi connectivity index (χ0n) is 20.6. The first-order valence-corrected chi connectivity index (χ1v) is 11.6. The average molecular weight is 524 g/mol. The minimum absolute atomic E-state index is 0.0107. The van der Waals surface area contributed by atoms with Gasteiger partial charge in [-0.1, -0.05) is 37.2 Å². The number of ether oxygens (including phenoxy) is 3. The number of esters is 2. The van der Waals surface area contributed by atoms with Crippen LogP contribution in [0.3, 0.4) is 0 Å². The molecule has 4 atom stereocenters. The van der Waals surface area contributed by atoms with E-state index >= 15 is 0 Å². The van der Waals surface area contributed by atoms with E-state index in [1.807, 2.05) is 0 Å². The smallest absolute Gasteiger partial charge is 0.338 e. The number of rotatable bonds is 8. The number of amides is 1. The lowest BCUT2D eigenvalue weighted by Crippen LogP contribution is -2.36. The maximum absolute atomic E-state index is 12.6. The van der Waals surface area contributed by atoms with Crippen molar-refractivity contribution in [3.8, 4) is 0 Å². The highest BCUT2D eigenvalue weighted by molar-refractivity contribution is 5.91. The topological polar surface area (TPSA) is 203 Å². The lowest BCUT2D eigenvalue weighted by Gasteiger charge is -2.21. The van der Waals surface area contributed by atoms with Crippen LogP contribution in [0, 0.1) is 5.92 Å². The number of aromatic nitrogens is 4. The molecule has 1 fully saturated rings. The number of H-pyrrole nitrogens is 1. The van der Waals surface area contributed by atoms with Crippen molar-refractivity contribution in [3.63, 3.8) is 0 Å². The normalized spacial score (nSPS) is 20.6. The van der Waals surface area contributed by atoms with Crippen molar-refractivity contribution in [1.29, 1.82) is 0 Å². The van der Waals surface area contributed by atoms with Gasteiger partial charge in [-0.3, -0.25) is 29.3 Å². The molecule has 15 nitrogen and oxygen atoms in total. The van der Waals surface area contributed by atoms with E-state index in [0.29, 0.717) is 5.56 Å². The van der Waals surface area contributed by atoms with Gasteiger partial charge in [0.05, 0.1) is 11.9 Å². The van der Waals surface area contributed by atoms with Crippen LogP contribution in [-0.2, 0) is 23.8 Å². The molecule has 0 radical (unpaired) electrons. The van der Waals surface area contributed by atoms with Gasteiger partial charge in [-0.05, 0) is 17.7 Å². The fraction of sp³-hybridized carbons (Fsp3) is 0.391. The number of azide groups is 1. The van der Waals surface area contributed by atoms with Crippen LogP contribution in [0.2, 0.25) is 0 Å². The highest BCUT2D eigenvalue weighted by Crippen LogP contribution is 2.35. The van der Waals surface area contributed by atoms with Crippen molar-refractivity contribution in [2.45, 2.75) is 45.2 Å². The number of fused-ring (bicyclic) bond motifs is 1. The Bertz CT molecular complexity index is 1460. The summed E-state index contributed by atoms with van der Waals surface area (Å²) in [6, 6.07) is 7.14. The van der Waals surface area contributed by atoms with E-state index < -0.39 is 42.0 Å². The SMILES string of the molecule is CC(=O)O[C@@H]1[C@H](N=[N+]=[N-])[C@@H](COC(=O)c2ccccc2)O[C@H]1n1cnc2c(=O)[nH]c(NC(=O)C(C)C)nc21. The summed E-state index contributed by atoms with van der Waals surface area (Å²) >= 11 is 0. The van der Waals surface area contributed by atoms with Crippen molar-refractivity contribution in [1.82, 2.24) is 19.5 Å². The molecule has 1 aromatic carbocycles. The Kier molecular flexibility index (Phi) is 7.69. The second kappa shape index (κ2) is 11.1. The van der Waals surface area contributed by atoms with Gasteiger partial charge in [0.25, 0.3) is 5.56 Å². The molecule has 0 saturated carbocycles. The summed E-state index contributed by atoms with van der Waals surface area (Å²) in [5.74, 6) is -2.20. The van der Waals surface area contributed by atoms with Crippen LogP contribution in [0.25, 0.3) is 21.6 Å². The molecule has 3 aromatic rings. The largest absolute Gasteiger partial charge is 0.459 e. The highest BCUT2D eigenvalue weighted by atomic mass is 16.6. The first-order chi connectivity index (χ1) is 18.2. The first kappa shape index (κ1) is 26.3. The van der Waals surface area contributed by atoms with E-state index in [1.165, 1.54) is 17.8 Å². The van der Waals surface area contributed by atoms with Crippen molar-refractivity contribution in [2.24, 2.45) is 11.0 Å². The van der Waals surface area contributed by atoms with E-state index in [2.05, 4.69) is 30.3 Å². The number of anilines is 1. The second-order valence-corrected chi connectivity index (χ2v) is 8.68. The Hall–Kier alpha value is -4.75. The molecule has 4 rings (SSSR count). The fourth-order valence-corrected chi connectivity index (χ4v) is 3.85. The van der Waals surface area contributed by atoms with Gasteiger partial charge in [-0.15, -0.1) is 0 Å². The quantitative estimate of drug-likeness (QED) is 0.191. The first-order valence-electron chi connectivity index (χ1n) is 11.6. The molecule has 0 aliphatic carbocycles. The Balaban J connectivity index is 1.68. The molecular formula is C23H24N8O7. The number of carbonyl (C=O) groups excluding carboxylic acids is 3. The number of benzene rings is 1. The van der Waals surface area contributed by atoms with Crippen LogP contribution >= 0.6 is 0 Å². The molecule has 2 aromatic heterocycles. The molecule has 1 amide bonds. The molecule has 0 bridgehead atoms. The van der Waals surface area contributed by atoms with Gasteiger partial charge in [-0.2, -0.15) is 4.98 Å². The minimum atomic E-state index is -1.18. The Labute approximate surface area is 214 Å². The van der Waals surface area contributed by atoms with Crippen molar-refractivity contribution in [3.05, 3.63) is 63.0 Å². The number of nitrogens with zero attached hydrogens (tertiary/aromatic N) is 6.